The second kappa shape index (κ2) is 6.15. The monoisotopic (exact) mass is 363 g/mol. The van der Waals surface area contributed by atoms with Gasteiger partial charge in [-0.1, -0.05) is 22.4 Å². The smallest absolute Gasteiger partial charge is 0.244 e. The Hall–Kier alpha value is -0.400. The van der Waals surface area contributed by atoms with Crippen LogP contribution in [0.5, 0.6) is 0 Å². The van der Waals surface area contributed by atoms with Crippen LogP contribution in [0.25, 0.3) is 0 Å². The van der Waals surface area contributed by atoms with Gasteiger partial charge in [0, 0.05) is 18.4 Å². The number of halogens is 1. The zero-order valence-electron chi connectivity index (χ0n) is 12.2. The number of nitrogens with one attached hydrogen (secondary N) is 1. The third-order valence-corrected chi connectivity index (χ3v) is 6.50. The van der Waals surface area contributed by atoms with Crippen molar-refractivity contribution in [2.45, 2.75) is 49.3 Å². The summed E-state index contributed by atoms with van der Waals surface area (Å²) in [4.78, 5) is 0.846. The highest BCUT2D eigenvalue weighted by Gasteiger charge is 2.26. The molecule has 2 atom stereocenters. The number of rotatable bonds is 4. The molecule has 0 aliphatic heterocycles. The molecule has 0 radical (unpaired) electrons. The fourth-order valence-corrected chi connectivity index (χ4v) is 5.26. The largest absolute Gasteiger partial charge is 0.271 e. The van der Waals surface area contributed by atoms with Crippen LogP contribution in [0, 0.1) is 19.8 Å². The molecule has 1 fully saturated rings. The summed E-state index contributed by atoms with van der Waals surface area (Å²) < 4.78 is 29.2. The molecule has 5 nitrogen and oxygen atoms in total. The zero-order chi connectivity index (χ0) is 14.9. The lowest BCUT2D eigenvalue weighted by molar-refractivity contribution is 0.368. The van der Waals surface area contributed by atoms with E-state index in [1.54, 1.807) is 25.6 Å². The molecule has 1 N–H and O–H groups in total. The highest BCUT2D eigenvalue weighted by atomic mass is 79.9. The molecule has 1 aliphatic carbocycles. The van der Waals surface area contributed by atoms with Crippen LogP contribution in [-0.2, 0) is 17.1 Å². The molecule has 114 valence electrons. The van der Waals surface area contributed by atoms with Gasteiger partial charge in [-0.3, -0.25) is 4.68 Å². The van der Waals surface area contributed by atoms with E-state index in [1.165, 1.54) is 6.42 Å². The molecule has 1 heterocycles. The van der Waals surface area contributed by atoms with E-state index in [4.69, 9.17) is 0 Å². The molecule has 0 aromatic carbocycles. The Bertz CT molecular complexity index is 583. The summed E-state index contributed by atoms with van der Waals surface area (Å²) in [5.41, 5.74) is 1.23. The minimum absolute atomic E-state index is 0.325. The molecule has 20 heavy (non-hydrogen) atoms. The first-order valence-corrected chi connectivity index (χ1v) is 9.35. The molecule has 0 spiro atoms. The van der Waals surface area contributed by atoms with Gasteiger partial charge in [-0.25, -0.2) is 13.1 Å². The van der Waals surface area contributed by atoms with Gasteiger partial charge >= 0.3 is 0 Å². The molecule has 0 bridgehead atoms. The molecule has 1 aliphatic rings. The van der Waals surface area contributed by atoms with Gasteiger partial charge < -0.3 is 0 Å². The highest BCUT2D eigenvalue weighted by molar-refractivity contribution is 9.09. The number of sulfonamides is 1. The lowest BCUT2D eigenvalue weighted by atomic mass is 9.89. The highest BCUT2D eigenvalue weighted by Crippen LogP contribution is 2.29. The normalized spacial score (nSPS) is 24.0. The van der Waals surface area contributed by atoms with Crippen molar-refractivity contribution in [1.29, 1.82) is 0 Å². The van der Waals surface area contributed by atoms with Crippen LogP contribution in [-0.4, -0.2) is 29.6 Å². The van der Waals surface area contributed by atoms with Crippen molar-refractivity contribution in [2.75, 3.05) is 6.54 Å². The summed E-state index contributed by atoms with van der Waals surface area (Å²) in [6.45, 7) is 4.03. The van der Waals surface area contributed by atoms with Crippen molar-refractivity contribution in [3.8, 4) is 0 Å². The minimum atomic E-state index is -3.47. The van der Waals surface area contributed by atoms with E-state index in [1.807, 2.05) is 0 Å². The molecule has 7 heteroatoms. The predicted octanol–water partition coefficient (Wildman–Crippen LogP) is 2.27. The summed E-state index contributed by atoms with van der Waals surface area (Å²) >= 11 is 3.63. The van der Waals surface area contributed by atoms with E-state index in [0.29, 0.717) is 33.6 Å². The van der Waals surface area contributed by atoms with Crippen molar-refractivity contribution < 1.29 is 8.42 Å². The summed E-state index contributed by atoms with van der Waals surface area (Å²) in [5.74, 6) is 0.417. The maximum absolute atomic E-state index is 12.4. The number of hydrogen-bond acceptors (Lipinski definition) is 3. The third kappa shape index (κ3) is 3.43. The zero-order valence-corrected chi connectivity index (χ0v) is 14.6. The Morgan fingerprint density at radius 3 is 2.65 bits per heavy atom. The first kappa shape index (κ1) is 16.0. The van der Waals surface area contributed by atoms with E-state index in [0.717, 1.165) is 19.3 Å². The van der Waals surface area contributed by atoms with Gasteiger partial charge in [-0.05, 0) is 39.0 Å². The fraction of sp³-hybridized carbons (Fsp3) is 0.769. The van der Waals surface area contributed by atoms with E-state index < -0.39 is 10.0 Å². The molecular formula is C13H22BrN3O2S. The number of hydrogen-bond donors (Lipinski definition) is 1. The maximum Gasteiger partial charge on any atom is 0.244 e. The van der Waals surface area contributed by atoms with Crippen LogP contribution in [0.15, 0.2) is 4.90 Å². The number of aryl methyl sites for hydroxylation is 2. The SMILES string of the molecule is Cc1nn(C)c(C)c1S(=O)(=O)NCC1CCCC(Br)C1. The molecular weight excluding hydrogens is 342 g/mol. The third-order valence-electron chi connectivity index (χ3n) is 3.99. The number of aromatic nitrogens is 2. The standard InChI is InChI=1S/C13H22BrN3O2S/c1-9-13(10(2)17(3)16-9)20(18,19)15-8-11-5-4-6-12(14)7-11/h11-12,15H,4-8H2,1-3H3. The Morgan fingerprint density at radius 2 is 2.10 bits per heavy atom. The topological polar surface area (TPSA) is 64.0 Å². The summed E-state index contributed by atoms with van der Waals surface area (Å²) in [6, 6.07) is 0. The molecule has 2 rings (SSSR count). The van der Waals surface area contributed by atoms with Crippen LogP contribution in [0.2, 0.25) is 0 Å². The van der Waals surface area contributed by atoms with Gasteiger partial charge in [0.05, 0.1) is 11.4 Å². The van der Waals surface area contributed by atoms with Crippen LogP contribution < -0.4 is 4.72 Å². The summed E-state index contributed by atoms with van der Waals surface area (Å²) in [5, 5.41) is 4.17. The number of alkyl halides is 1. The van der Waals surface area contributed by atoms with Crippen LogP contribution in [0.4, 0.5) is 0 Å². The maximum atomic E-state index is 12.4. The Kier molecular flexibility index (Phi) is 4.92. The Morgan fingerprint density at radius 1 is 1.40 bits per heavy atom. The Labute approximate surface area is 129 Å². The molecule has 1 saturated carbocycles. The van der Waals surface area contributed by atoms with Crippen LogP contribution in [0.1, 0.15) is 37.1 Å². The van der Waals surface area contributed by atoms with Gasteiger partial charge in [-0.2, -0.15) is 5.10 Å². The molecule has 1 aromatic rings. The Balaban J connectivity index is 2.08. The fourth-order valence-electron chi connectivity index (χ4n) is 2.85. The second-order valence-corrected chi connectivity index (χ2v) is 8.60. The minimum Gasteiger partial charge on any atom is -0.271 e. The van der Waals surface area contributed by atoms with E-state index in [-0.39, 0.29) is 0 Å². The van der Waals surface area contributed by atoms with Crippen molar-refractivity contribution in [1.82, 2.24) is 14.5 Å². The van der Waals surface area contributed by atoms with Gasteiger partial charge in [0.15, 0.2) is 0 Å². The van der Waals surface area contributed by atoms with E-state index in [9.17, 15) is 8.42 Å². The lowest BCUT2D eigenvalue weighted by Gasteiger charge is -2.25. The van der Waals surface area contributed by atoms with E-state index >= 15 is 0 Å². The van der Waals surface area contributed by atoms with Gasteiger partial charge in [0.25, 0.3) is 0 Å². The summed E-state index contributed by atoms with van der Waals surface area (Å²) in [6.07, 6.45) is 4.47. The van der Waals surface area contributed by atoms with Gasteiger partial charge in [0.2, 0.25) is 10.0 Å². The second-order valence-electron chi connectivity index (χ2n) is 5.61. The average molecular weight is 364 g/mol. The van der Waals surface area contributed by atoms with Crippen LogP contribution in [0.3, 0.4) is 0 Å². The van der Waals surface area contributed by atoms with Crippen molar-refractivity contribution in [3.05, 3.63) is 11.4 Å². The van der Waals surface area contributed by atoms with Gasteiger partial charge in [0.1, 0.15) is 4.90 Å². The quantitative estimate of drug-likeness (QED) is 0.834. The average Bonchev–Trinajstić information content (AvgIpc) is 2.61. The van der Waals surface area contributed by atoms with Crippen LogP contribution >= 0.6 is 15.9 Å². The van der Waals surface area contributed by atoms with Crippen molar-refractivity contribution in [3.63, 3.8) is 0 Å². The van der Waals surface area contributed by atoms with Gasteiger partial charge in [-0.15, -0.1) is 0 Å². The first-order chi connectivity index (χ1) is 9.31. The summed E-state index contributed by atoms with van der Waals surface area (Å²) in [7, 11) is -1.70. The number of nitrogens with zero attached hydrogens (tertiary/aromatic N) is 2. The first-order valence-electron chi connectivity index (χ1n) is 6.95. The lowest BCUT2D eigenvalue weighted by Crippen LogP contribution is -2.32. The molecule has 1 aromatic heterocycles. The van der Waals surface area contributed by atoms with Crippen molar-refractivity contribution in [2.24, 2.45) is 13.0 Å². The van der Waals surface area contributed by atoms with E-state index in [2.05, 4.69) is 25.8 Å². The van der Waals surface area contributed by atoms with Crippen molar-refractivity contribution >= 4 is 26.0 Å². The molecule has 2 unspecified atom stereocenters. The predicted molar refractivity (Wildman–Crippen MR) is 82.5 cm³/mol. The molecule has 0 amide bonds. The molecule has 0 saturated heterocycles.